The second kappa shape index (κ2) is 13.8. The van der Waals surface area contributed by atoms with Gasteiger partial charge in [-0.05, 0) is 0 Å². The van der Waals surface area contributed by atoms with Gasteiger partial charge in [0.1, 0.15) is 0 Å². The largest absolute Gasteiger partial charge is 3.00 e. The summed E-state index contributed by atoms with van der Waals surface area (Å²) >= 11 is -16.9. The topological polar surface area (TPSA) is 241 Å². The van der Waals surface area contributed by atoms with Gasteiger partial charge in [-0.1, -0.05) is 0 Å². The van der Waals surface area contributed by atoms with Crippen LogP contribution in [0, 0.1) is 80.8 Å². The molecule has 12 nitrogen and oxygen atoms in total. The third-order valence-electron chi connectivity index (χ3n) is 0. The molecule has 0 saturated heterocycles. The van der Waals surface area contributed by atoms with Gasteiger partial charge in [-0.3, -0.25) is 0 Å². The van der Waals surface area contributed by atoms with Crippen LogP contribution < -0.4 is 25.1 Å². The molecule has 0 aliphatic carbocycles. The molecule has 0 aliphatic heterocycles. The smallest absolute Gasteiger partial charge is 3.00 e. The molecule has 0 fully saturated rings. The van der Waals surface area contributed by atoms with Gasteiger partial charge in [-0.15, -0.1) is 0 Å². The zero-order chi connectivity index (χ0) is 13.5. The predicted molar refractivity (Wildman–Crippen MR) is 4.12 cm³/mol. The molecular weight excluding hydrogens is 658 g/mol. The molecule has 0 heterocycles. The number of hydrogen-bond donors (Lipinski definition) is 0. The van der Waals surface area contributed by atoms with Crippen LogP contribution >= 0.6 is 0 Å². The minimum absolute atomic E-state index is 0. The molecule has 17 heavy (non-hydrogen) atoms. The molecule has 17 heteroatoms. The van der Waals surface area contributed by atoms with Gasteiger partial charge in [0, 0.05) is 0 Å². The second-order valence-corrected chi connectivity index (χ2v) is 4.68. The van der Waals surface area contributed by atoms with Gasteiger partial charge in [0.25, 0.3) is 0 Å². The molecule has 105 valence electrons. The summed E-state index contributed by atoms with van der Waals surface area (Å²) in [5.41, 5.74) is 0. The van der Waals surface area contributed by atoms with Crippen molar-refractivity contribution in [3.63, 3.8) is 0 Å². The zero-order valence-corrected chi connectivity index (χ0v) is 15.6. The summed E-state index contributed by atoms with van der Waals surface area (Å²) in [6.45, 7) is 0. The molecule has 0 N–H and O–H groups in total. The van der Waals surface area contributed by atoms with Gasteiger partial charge >= 0.3 is 169 Å². The molecule has 0 atom stereocenters. The molecule has 0 aromatic rings. The minimum Gasteiger partial charge on any atom is 3.00 e. The third-order valence-corrected chi connectivity index (χ3v) is 0. The van der Waals surface area contributed by atoms with Crippen molar-refractivity contribution in [1.29, 1.82) is 0 Å². The van der Waals surface area contributed by atoms with Gasteiger partial charge < -0.3 is 0 Å². The molecule has 0 aromatic carbocycles. The first-order valence-electron chi connectivity index (χ1n) is 1.85. The van der Waals surface area contributed by atoms with E-state index in [9.17, 15) is 0 Å². The van der Waals surface area contributed by atoms with Crippen LogP contribution in [0.1, 0.15) is 0 Å². The normalized spacial score (nSPS) is 10.2. The SMILES string of the molecule is [O]=[Mn](=[O])([O-])[O-].[O]=[Mn](=[O])([O-])[O-].[O]=[Mn](=[O])([O-])[O-].[Sm+3].[Sm+3]. The van der Waals surface area contributed by atoms with Gasteiger partial charge in [0.15, 0.2) is 0 Å². The molecular formula is Mn3O12Sm2. The molecule has 2 radical (unpaired) electrons. The number of hydrogen-bond acceptors (Lipinski definition) is 12. The van der Waals surface area contributed by atoms with Gasteiger partial charge in [0.2, 0.25) is 0 Å². The fourth-order valence-corrected chi connectivity index (χ4v) is 0. The minimum atomic E-state index is -5.62. The molecule has 0 aliphatic rings. The van der Waals surface area contributed by atoms with Crippen molar-refractivity contribution in [2.45, 2.75) is 0 Å². The standard InChI is InChI=1S/3Mn.12O.2Sm/q;;;;;;;;;6*-1;2*+3. The van der Waals surface area contributed by atoms with Crippen molar-refractivity contribution in [2.75, 3.05) is 0 Å². The van der Waals surface area contributed by atoms with Gasteiger partial charge in [0.05, 0.1) is 0 Å². The van der Waals surface area contributed by atoms with E-state index in [2.05, 4.69) is 0 Å². The molecule has 0 amide bonds. The quantitative estimate of drug-likeness (QED) is 0.221. The Bertz CT molecular complexity index is 341. The molecule has 0 spiro atoms. The molecule has 0 aromatic heterocycles. The Morgan fingerprint density at radius 3 is 0.412 bits per heavy atom. The summed E-state index contributed by atoms with van der Waals surface area (Å²) < 4.78 is 103. The van der Waals surface area contributed by atoms with Crippen LogP contribution in [-0.2, 0) is 63.1 Å². The summed E-state index contributed by atoms with van der Waals surface area (Å²) in [6, 6.07) is 0. The van der Waals surface area contributed by atoms with Crippen molar-refractivity contribution in [2.24, 2.45) is 0 Å². The Morgan fingerprint density at radius 2 is 0.412 bits per heavy atom. The Morgan fingerprint density at radius 1 is 0.412 bits per heavy atom. The summed E-state index contributed by atoms with van der Waals surface area (Å²) in [4.78, 5) is 0. The maximum absolute atomic E-state index is 8.58. The summed E-state index contributed by atoms with van der Waals surface area (Å²) in [6.07, 6.45) is 0. The van der Waals surface area contributed by atoms with Crippen molar-refractivity contribution in [3.8, 4) is 0 Å². The fraction of sp³-hybridized carbons (Fsp3) is 0. The third kappa shape index (κ3) is 679. The van der Waals surface area contributed by atoms with Gasteiger partial charge in [-0.2, -0.15) is 0 Å². The van der Waals surface area contributed by atoms with E-state index in [-0.39, 0.29) is 80.8 Å². The first-order valence-corrected chi connectivity index (χ1v) is 7.63. The monoisotopic (exact) mass is 661 g/mol. The van der Waals surface area contributed by atoms with Crippen LogP contribution in [-0.4, -0.2) is 0 Å². The van der Waals surface area contributed by atoms with E-state index >= 15 is 0 Å². The molecule has 0 bridgehead atoms. The Labute approximate surface area is 165 Å². The van der Waals surface area contributed by atoms with E-state index in [1.807, 2.05) is 0 Å². The van der Waals surface area contributed by atoms with E-state index in [0.29, 0.717) is 0 Å². The number of rotatable bonds is 0. The van der Waals surface area contributed by atoms with Crippen LogP contribution in [0.4, 0.5) is 0 Å². The molecule has 0 saturated carbocycles. The summed E-state index contributed by atoms with van der Waals surface area (Å²) in [7, 11) is 0. The average Bonchev–Trinajstić information content (AvgIpc) is 1.41. The zero-order valence-electron chi connectivity index (χ0n) is 6.85. The Balaban J connectivity index is -0.0000000400. The maximum Gasteiger partial charge on any atom is 3.00 e. The first-order chi connectivity index (χ1) is 6.00. The van der Waals surface area contributed by atoms with Gasteiger partial charge in [-0.25, -0.2) is 0 Å². The van der Waals surface area contributed by atoms with Crippen LogP contribution in [0.3, 0.4) is 0 Å². The van der Waals surface area contributed by atoms with E-state index in [4.69, 9.17) is 48.1 Å². The average molecular weight is 658 g/mol. The fourth-order valence-electron chi connectivity index (χ4n) is 0. The van der Waals surface area contributed by atoms with E-state index in [1.165, 1.54) is 0 Å². The van der Waals surface area contributed by atoms with Crippen LogP contribution in [0.5, 0.6) is 0 Å². The van der Waals surface area contributed by atoms with Crippen molar-refractivity contribution < 1.29 is 169 Å². The van der Waals surface area contributed by atoms with Crippen molar-refractivity contribution >= 4 is 0 Å². The Hall–Kier alpha value is 2.79. The van der Waals surface area contributed by atoms with Crippen molar-refractivity contribution in [3.05, 3.63) is 0 Å². The van der Waals surface area contributed by atoms with Crippen LogP contribution in [0.2, 0.25) is 0 Å². The molecule has 0 rings (SSSR count). The molecule has 0 unspecified atom stereocenters. The maximum atomic E-state index is 8.58. The first kappa shape index (κ1) is 31.9. The Kier molecular flexibility index (Phi) is 25.9. The second-order valence-electron chi connectivity index (χ2n) is 1.13. The van der Waals surface area contributed by atoms with E-state index in [1.54, 1.807) is 0 Å². The summed E-state index contributed by atoms with van der Waals surface area (Å²) in [5.74, 6) is 0. The van der Waals surface area contributed by atoms with Crippen LogP contribution in [0.25, 0.3) is 0 Å². The van der Waals surface area contributed by atoms with E-state index in [0.717, 1.165) is 0 Å². The predicted octanol–water partition coefficient (Wildman–Crippen LogP) is -7.85. The van der Waals surface area contributed by atoms with E-state index < -0.39 is 40.1 Å². The van der Waals surface area contributed by atoms with Crippen LogP contribution in [0.15, 0.2) is 0 Å². The summed E-state index contributed by atoms with van der Waals surface area (Å²) in [5, 5.41) is 0. The van der Waals surface area contributed by atoms with Crippen molar-refractivity contribution in [1.82, 2.24) is 0 Å².